The Bertz CT molecular complexity index is 625. The van der Waals surface area contributed by atoms with Crippen LogP contribution in [0.15, 0.2) is 48.5 Å². The van der Waals surface area contributed by atoms with E-state index in [1.54, 1.807) is 7.11 Å². The molecule has 0 bridgehead atoms. The summed E-state index contributed by atoms with van der Waals surface area (Å²) in [4.78, 5) is 11.9. The highest BCUT2D eigenvalue weighted by atomic mass is 16.5. The van der Waals surface area contributed by atoms with E-state index >= 15 is 0 Å². The third-order valence-corrected chi connectivity index (χ3v) is 3.35. The fourth-order valence-corrected chi connectivity index (χ4v) is 2.09. The van der Waals surface area contributed by atoms with Crippen molar-refractivity contribution in [3.8, 4) is 11.5 Å². The van der Waals surface area contributed by atoms with Gasteiger partial charge in [0, 0.05) is 6.07 Å². The van der Waals surface area contributed by atoms with E-state index < -0.39 is 0 Å². The molecule has 0 aliphatic carbocycles. The number of hydrogen-bond donors (Lipinski definition) is 1. The topological polar surface area (TPSA) is 47.6 Å². The van der Waals surface area contributed by atoms with Crippen LogP contribution in [0.5, 0.6) is 11.5 Å². The lowest BCUT2D eigenvalue weighted by Gasteiger charge is -2.09. The highest BCUT2D eigenvalue weighted by Gasteiger charge is 2.05. The standard InChI is InChI=1S/C18H21NO3/c1-14-6-3-4-7-15(14)12-18(20)19-10-11-22-17-9-5-8-16(13-17)21-2/h3-9,13H,10-12H2,1-2H3,(H,19,20). The van der Waals surface area contributed by atoms with Gasteiger partial charge in [-0.05, 0) is 30.2 Å². The molecule has 1 amide bonds. The number of rotatable bonds is 7. The van der Waals surface area contributed by atoms with Crippen LogP contribution in [0.3, 0.4) is 0 Å². The Kier molecular flexibility index (Phi) is 5.83. The monoisotopic (exact) mass is 299 g/mol. The van der Waals surface area contributed by atoms with E-state index in [1.807, 2.05) is 55.5 Å². The lowest BCUT2D eigenvalue weighted by atomic mass is 10.1. The molecule has 2 aromatic carbocycles. The zero-order chi connectivity index (χ0) is 15.8. The first-order valence-electron chi connectivity index (χ1n) is 7.27. The minimum absolute atomic E-state index is 0.00328. The predicted molar refractivity (Wildman–Crippen MR) is 86.4 cm³/mol. The van der Waals surface area contributed by atoms with Gasteiger partial charge in [0.2, 0.25) is 5.91 Å². The minimum atomic E-state index is 0.00328. The van der Waals surface area contributed by atoms with E-state index in [-0.39, 0.29) is 5.91 Å². The summed E-state index contributed by atoms with van der Waals surface area (Å²) < 4.78 is 10.7. The Labute approximate surface area is 131 Å². The van der Waals surface area contributed by atoms with Gasteiger partial charge in [0.25, 0.3) is 0 Å². The molecule has 0 unspecified atom stereocenters. The molecule has 4 heteroatoms. The van der Waals surface area contributed by atoms with Crippen molar-refractivity contribution in [1.29, 1.82) is 0 Å². The number of benzene rings is 2. The van der Waals surface area contributed by atoms with Crippen LogP contribution < -0.4 is 14.8 Å². The number of nitrogens with one attached hydrogen (secondary N) is 1. The van der Waals surface area contributed by atoms with E-state index in [2.05, 4.69) is 5.32 Å². The van der Waals surface area contributed by atoms with Crippen LogP contribution in [0.4, 0.5) is 0 Å². The molecule has 0 heterocycles. The molecule has 116 valence electrons. The summed E-state index contributed by atoms with van der Waals surface area (Å²) in [6.07, 6.45) is 0.395. The van der Waals surface area contributed by atoms with E-state index in [1.165, 1.54) is 0 Å². The van der Waals surface area contributed by atoms with Crippen molar-refractivity contribution in [2.75, 3.05) is 20.3 Å². The molecule has 0 atom stereocenters. The lowest BCUT2D eigenvalue weighted by Crippen LogP contribution is -2.29. The average molecular weight is 299 g/mol. The van der Waals surface area contributed by atoms with Crippen LogP contribution in [-0.2, 0) is 11.2 Å². The number of aryl methyl sites for hydroxylation is 1. The molecule has 0 aromatic heterocycles. The Morgan fingerprint density at radius 3 is 2.64 bits per heavy atom. The van der Waals surface area contributed by atoms with Crippen LogP contribution in [-0.4, -0.2) is 26.2 Å². The van der Waals surface area contributed by atoms with Gasteiger partial charge in [0.1, 0.15) is 18.1 Å². The largest absolute Gasteiger partial charge is 0.497 e. The lowest BCUT2D eigenvalue weighted by molar-refractivity contribution is -0.120. The molecule has 0 saturated carbocycles. The second kappa shape index (κ2) is 8.08. The molecule has 0 aliphatic heterocycles. The maximum absolute atomic E-state index is 11.9. The van der Waals surface area contributed by atoms with Crippen molar-refractivity contribution >= 4 is 5.91 Å². The quantitative estimate of drug-likeness (QED) is 0.800. The Morgan fingerprint density at radius 1 is 1.09 bits per heavy atom. The van der Waals surface area contributed by atoms with E-state index in [0.29, 0.717) is 19.6 Å². The highest BCUT2D eigenvalue weighted by molar-refractivity contribution is 5.78. The fraction of sp³-hybridized carbons (Fsp3) is 0.278. The zero-order valence-corrected chi connectivity index (χ0v) is 13.0. The summed E-state index contributed by atoms with van der Waals surface area (Å²) in [5.74, 6) is 1.48. The SMILES string of the molecule is COc1cccc(OCCNC(=O)Cc2ccccc2C)c1. The summed E-state index contributed by atoms with van der Waals surface area (Å²) in [5.41, 5.74) is 2.18. The van der Waals surface area contributed by atoms with Crippen LogP contribution in [0, 0.1) is 6.92 Å². The highest BCUT2D eigenvalue weighted by Crippen LogP contribution is 2.18. The molecular formula is C18H21NO3. The third kappa shape index (κ3) is 4.81. The van der Waals surface area contributed by atoms with Crippen molar-refractivity contribution in [3.05, 3.63) is 59.7 Å². The number of carbonyl (C=O) groups is 1. The van der Waals surface area contributed by atoms with Crippen molar-refractivity contribution in [3.63, 3.8) is 0 Å². The van der Waals surface area contributed by atoms with Crippen LogP contribution >= 0.6 is 0 Å². The van der Waals surface area contributed by atoms with Crippen molar-refractivity contribution in [1.82, 2.24) is 5.32 Å². The third-order valence-electron chi connectivity index (χ3n) is 3.35. The second-order valence-electron chi connectivity index (χ2n) is 4.98. The minimum Gasteiger partial charge on any atom is -0.497 e. The van der Waals surface area contributed by atoms with Crippen LogP contribution in [0.25, 0.3) is 0 Å². The van der Waals surface area contributed by atoms with Gasteiger partial charge in [-0.2, -0.15) is 0 Å². The first-order chi connectivity index (χ1) is 10.7. The molecule has 2 aromatic rings. The average Bonchev–Trinajstić information content (AvgIpc) is 2.54. The second-order valence-corrected chi connectivity index (χ2v) is 4.98. The van der Waals surface area contributed by atoms with Crippen molar-refractivity contribution in [2.24, 2.45) is 0 Å². The smallest absolute Gasteiger partial charge is 0.224 e. The first kappa shape index (κ1) is 15.9. The summed E-state index contributed by atoms with van der Waals surface area (Å²) in [5, 5.41) is 2.86. The Hall–Kier alpha value is -2.49. The first-order valence-corrected chi connectivity index (χ1v) is 7.27. The normalized spacial score (nSPS) is 10.1. The van der Waals surface area contributed by atoms with Gasteiger partial charge in [-0.15, -0.1) is 0 Å². The Morgan fingerprint density at radius 2 is 1.86 bits per heavy atom. The molecular weight excluding hydrogens is 278 g/mol. The zero-order valence-electron chi connectivity index (χ0n) is 13.0. The fourth-order valence-electron chi connectivity index (χ4n) is 2.09. The van der Waals surface area contributed by atoms with E-state index in [9.17, 15) is 4.79 Å². The molecule has 1 N–H and O–H groups in total. The van der Waals surface area contributed by atoms with Crippen LogP contribution in [0.1, 0.15) is 11.1 Å². The summed E-state index contributed by atoms with van der Waals surface area (Å²) in [7, 11) is 1.62. The van der Waals surface area contributed by atoms with Gasteiger partial charge in [-0.3, -0.25) is 4.79 Å². The van der Waals surface area contributed by atoms with Crippen molar-refractivity contribution < 1.29 is 14.3 Å². The van der Waals surface area contributed by atoms with Crippen LogP contribution in [0.2, 0.25) is 0 Å². The number of ether oxygens (including phenoxy) is 2. The molecule has 0 fully saturated rings. The van der Waals surface area contributed by atoms with Gasteiger partial charge in [0.05, 0.1) is 20.1 Å². The number of hydrogen-bond acceptors (Lipinski definition) is 3. The van der Waals surface area contributed by atoms with E-state index in [0.717, 1.165) is 22.6 Å². The number of methoxy groups -OCH3 is 1. The molecule has 22 heavy (non-hydrogen) atoms. The number of amides is 1. The maximum Gasteiger partial charge on any atom is 0.224 e. The molecule has 2 rings (SSSR count). The molecule has 0 saturated heterocycles. The number of carbonyl (C=O) groups excluding carboxylic acids is 1. The molecule has 0 radical (unpaired) electrons. The molecule has 4 nitrogen and oxygen atoms in total. The Balaban J connectivity index is 1.72. The maximum atomic E-state index is 11.9. The van der Waals surface area contributed by atoms with Gasteiger partial charge in [0.15, 0.2) is 0 Å². The van der Waals surface area contributed by atoms with Gasteiger partial charge < -0.3 is 14.8 Å². The van der Waals surface area contributed by atoms with Gasteiger partial charge in [-0.1, -0.05) is 30.3 Å². The van der Waals surface area contributed by atoms with E-state index in [4.69, 9.17) is 9.47 Å². The summed E-state index contributed by atoms with van der Waals surface area (Å²) >= 11 is 0. The summed E-state index contributed by atoms with van der Waals surface area (Å²) in [6, 6.07) is 15.3. The molecule has 0 aliphatic rings. The molecule has 0 spiro atoms. The van der Waals surface area contributed by atoms with Gasteiger partial charge in [-0.25, -0.2) is 0 Å². The van der Waals surface area contributed by atoms with Crippen molar-refractivity contribution in [2.45, 2.75) is 13.3 Å². The van der Waals surface area contributed by atoms with Gasteiger partial charge >= 0.3 is 0 Å². The predicted octanol–water partition coefficient (Wildman–Crippen LogP) is 2.74. The summed E-state index contributed by atoms with van der Waals surface area (Å²) in [6.45, 7) is 2.91.